The van der Waals surface area contributed by atoms with Gasteiger partial charge in [0.2, 0.25) is 0 Å². The van der Waals surface area contributed by atoms with Crippen molar-refractivity contribution < 1.29 is 9.90 Å². The normalized spacial score (nSPS) is 17.7. The van der Waals surface area contributed by atoms with E-state index in [9.17, 15) is 4.79 Å². The molecule has 1 aromatic heterocycles. The third-order valence-corrected chi connectivity index (χ3v) is 4.63. The van der Waals surface area contributed by atoms with Crippen LogP contribution < -0.4 is 5.32 Å². The van der Waals surface area contributed by atoms with E-state index < -0.39 is 0 Å². The first kappa shape index (κ1) is 15.9. The van der Waals surface area contributed by atoms with Crippen molar-refractivity contribution in [2.24, 2.45) is 0 Å². The van der Waals surface area contributed by atoms with E-state index in [1.54, 1.807) is 18.3 Å². The molecule has 0 radical (unpaired) electrons. The van der Waals surface area contributed by atoms with E-state index in [1.165, 1.54) is 25.0 Å². The molecule has 0 saturated carbocycles. The Kier molecular flexibility index (Phi) is 6.58. The molecular formula is C16H20N2O2S. The summed E-state index contributed by atoms with van der Waals surface area (Å²) in [6, 6.07) is 3.47. The predicted molar refractivity (Wildman–Crippen MR) is 85.2 cm³/mol. The van der Waals surface area contributed by atoms with Crippen LogP contribution in [0.2, 0.25) is 0 Å². The van der Waals surface area contributed by atoms with Crippen LogP contribution in [0.5, 0.6) is 0 Å². The minimum atomic E-state index is -0.129. The van der Waals surface area contributed by atoms with E-state index in [4.69, 9.17) is 5.11 Å². The summed E-state index contributed by atoms with van der Waals surface area (Å²) in [6.45, 7) is 0.767. The minimum absolute atomic E-state index is 0.0557. The average Bonchev–Trinajstić information content (AvgIpc) is 2.54. The lowest BCUT2D eigenvalue weighted by Crippen LogP contribution is -2.32. The number of rotatable bonds is 4. The molecule has 2 N–H and O–H groups in total. The third-order valence-electron chi connectivity index (χ3n) is 3.23. The van der Waals surface area contributed by atoms with Crippen LogP contribution >= 0.6 is 11.8 Å². The first-order valence-electron chi connectivity index (χ1n) is 7.25. The maximum atomic E-state index is 12.0. The highest BCUT2D eigenvalue weighted by Gasteiger charge is 2.15. The third kappa shape index (κ3) is 5.41. The van der Waals surface area contributed by atoms with Gasteiger partial charge >= 0.3 is 0 Å². The Morgan fingerprint density at radius 3 is 3.05 bits per heavy atom. The van der Waals surface area contributed by atoms with Gasteiger partial charge in [-0.25, -0.2) is 4.98 Å². The number of hydrogen-bond donors (Lipinski definition) is 2. The van der Waals surface area contributed by atoms with E-state index >= 15 is 0 Å². The van der Waals surface area contributed by atoms with Crippen molar-refractivity contribution in [2.45, 2.75) is 30.9 Å². The van der Waals surface area contributed by atoms with Crippen molar-refractivity contribution in [3.05, 3.63) is 29.6 Å². The number of nitrogens with zero attached hydrogens (tertiary/aromatic N) is 1. The quantitative estimate of drug-likeness (QED) is 0.833. The molecule has 0 bridgehead atoms. The highest BCUT2D eigenvalue weighted by atomic mass is 32.2. The van der Waals surface area contributed by atoms with Crippen molar-refractivity contribution in [1.82, 2.24) is 10.3 Å². The van der Waals surface area contributed by atoms with Gasteiger partial charge in [-0.05, 0) is 30.7 Å². The number of carbonyl (C=O) groups excluding carboxylic acids is 1. The Labute approximate surface area is 129 Å². The number of aliphatic hydroxyl groups is 1. The van der Waals surface area contributed by atoms with E-state index in [0.29, 0.717) is 23.9 Å². The lowest BCUT2D eigenvalue weighted by molar-refractivity contribution is 0.0948. The number of amides is 1. The molecule has 0 aliphatic carbocycles. The highest BCUT2D eigenvalue weighted by Crippen LogP contribution is 2.24. The number of hydrogen-bond acceptors (Lipinski definition) is 4. The van der Waals surface area contributed by atoms with Crippen LogP contribution in [0, 0.1) is 11.8 Å². The Morgan fingerprint density at radius 1 is 1.48 bits per heavy atom. The Hall–Kier alpha value is -1.51. The number of pyridine rings is 1. The van der Waals surface area contributed by atoms with Gasteiger partial charge in [0.05, 0.1) is 6.61 Å². The second-order valence-corrected chi connectivity index (χ2v) is 6.31. The molecule has 1 saturated heterocycles. The zero-order chi connectivity index (χ0) is 14.9. The Balaban J connectivity index is 1.83. The van der Waals surface area contributed by atoms with E-state index in [0.717, 1.165) is 5.56 Å². The number of aromatic nitrogens is 1. The number of aliphatic hydroxyl groups excluding tert-OH is 1. The second kappa shape index (κ2) is 8.71. The van der Waals surface area contributed by atoms with Gasteiger partial charge < -0.3 is 10.4 Å². The monoisotopic (exact) mass is 304 g/mol. The molecule has 1 aliphatic heterocycles. The SMILES string of the molecule is O=C(NCC1CCCCS1)c1ccc(C#CCCO)cn1. The molecule has 5 heteroatoms. The molecular weight excluding hydrogens is 284 g/mol. The summed E-state index contributed by atoms with van der Waals surface area (Å²) in [5.74, 6) is 6.78. The lowest BCUT2D eigenvalue weighted by atomic mass is 10.2. The van der Waals surface area contributed by atoms with Crippen molar-refractivity contribution in [1.29, 1.82) is 0 Å². The summed E-state index contributed by atoms with van der Waals surface area (Å²) in [5.41, 5.74) is 1.17. The van der Waals surface area contributed by atoms with Crippen LogP contribution in [0.1, 0.15) is 41.7 Å². The van der Waals surface area contributed by atoms with Crippen molar-refractivity contribution in [2.75, 3.05) is 18.9 Å². The Bertz CT molecular complexity index is 513. The molecule has 0 aromatic carbocycles. The molecule has 112 valence electrons. The summed E-state index contributed by atoms with van der Waals surface area (Å²) in [4.78, 5) is 16.1. The van der Waals surface area contributed by atoms with Crippen molar-refractivity contribution in [3.8, 4) is 11.8 Å². The fourth-order valence-corrected chi connectivity index (χ4v) is 3.33. The number of carbonyl (C=O) groups is 1. The van der Waals surface area contributed by atoms with Gasteiger partial charge in [-0.15, -0.1) is 0 Å². The number of nitrogens with one attached hydrogen (secondary N) is 1. The summed E-state index contributed by atoms with van der Waals surface area (Å²) >= 11 is 1.94. The van der Waals surface area contributed by atoms with Crippen LogP contribution in [0.25, 0.3) is 0 Å². The van der Waals surface area contributed by atoms with Crippen molar-refractivity contribution in [3.63, 3.8) is 0 Å². The summed E-state index contributed by atoms with van der Waals surface area (Å²) in [7, 11) is 0. The van der Waals surface area contributed by atoms with E-state index in [1.807, 2.05) is 11.8 Å². The van der Waals surface area contributed by atoms with Crippen molar-refractivity contribution >= 4 is 17.7 Å². The first-order chi connectivity index (χ1) is 10.3. The largest absolute Gasteiger partial charge is 0.395 e. The summed E-state index contributed by atoms with van der Waals surface area (Å²) in [5, 5.41) is 12.1. The van der Waals surface area contributed by atoms with Crippen LogP contribution in [0.3, 0.4) is 0 Å². The molecule has 2 heterocycles. The highest BCUT2D eigenvalue weighted by molar-refractivity contribution is 7.99. The van der Waals surface area contributed by atoms with Crippen LogP contribution in [0.4, 0.5) is 0 Å². The molecule has 0 spiro atoms. The molecule has 1 amide bonds. The molecule has 1 aromatic rings. The zero-order valence-electron chi connectivity index (χ0n) is 12.0. The van der Waals surface area contributed by atoms with Gasteiger partial charge in [0.1, 0.15) is 5.69 Å². The van der Waals surface area contributed by atoms with Gasteiger partial charge in [-0.3, -0.25) is 4.79 Å². The topological polar surface area (TPSA) is 62.2 Å². The molecule has 2 rings (SSSR count). The van der Waals surface area contributed by atoms with Crippen LogP contribution in [-0.2, 0) is 0 Å². The van der Waals surface area contributed by atoms with Gasteiger partial charge in [-0.1, -0.05) is 18.3 Å². The second-order valence-electron chi connectivity index (χ2n) is 4.91. The molecule has 21 heavy (non-hydrogen) atoms. The van der Waals surface area contributed by atoms with Crippen LogP contribution in [-0.4, -0.2) is 40.2 Å². The molecule has 1 atom stereocenters. The maximum absolute atomic E-state index is 12.0. The van der Waals surface area contributed by atoms with Gasteiger partial charge in [0, 0.05) is 30.0 Å². The van der Waals surface area contributed by atoms with Gasteiger partial charge in [0.15, 0.2) is 0 Å². The number of thioether (sulfide) groups is 1. The minimum Gasteiger partial charge on any atom is -0.395 e. The fourth-order valence-electron chi connectivity index (χ4n) is 2.09. The lowest BCUT2D eigenvalue weighted by Gasteiger charge is -2.21. The molecule has 1 fully saturated rings. The van der Waals surface area contributed by atoms with E-state index in [2.05, 4.69) is 22.1 Å². The molecule has 1 unspecified atom stereocenters. The maximum Gasteiger partial charge on any atom is 0.269 e. The van der Waals surface area contributed by atoms with Gasteiger partial charge in [-0.2, -0.15) is 11.8 Å². The Morgan fingerprint density at radius 2 is 2.38 bits per heavy atom. The summed E-state index contributed by atoms with van der Waals surface area (Å²) < 4.78 is 0. The first-order valence-corrected chi connectivity index (χ1v) is 8.30. The van der Waals surface area contributed by atoms with Gasteiger partial charge in [0.25, 0.3) is 5.91 Å². The average molecular weight is 304 g/mol. The smallest absolute Gasteiger partial charge is 0.269 e. The zero-order valence-corrected chi connectivity index (χ0v) is 12.8. The standard InChI is InChI=1S/C16H20N2O2S/c19-9-3-1-5-13-7-8-15(17-11-13)16(20)18-12-14-6-2-4-10-21-14/h7-8,11,14,19H,2-4,6,9-10,12H2,(H,18,20). The fraction of sp³-hybridized carbons (Fsp3) is 0.500. The molecule has 4 nitrogen and oxygen atoms in total. The summed E-state index contributed by atoms with van der Waals surface area (Å²) in [6.07, 6.45) is 5.76. The predicted octanol–water partition coefficient (Wildman–Crippen LogP) is 1.83. The molecule has 1 aliphatic rings. The van der Waals surface area contributed by atoms with Crippen LogP contribution in [0.15, 0.2) is 18.3 Å². The van der Waals surface area contributed by atoms with E-state index in [-0.39, 0.29) is 12.5 Å².